The molecule has 2 saturated carbocycles. The summed E-state index contributed by atoms with van der Waals surface area (Å²) in [5.41, 5.74) is 1.93. The highest BCUT2D eigenvalue weighted by atomic mass is 15.2. The number of nitrogens with one attached hydrogen (secondary N) is 1. The molecule has 0 aromatic carbocycles. The molecule has 0 saturated heterocycles. The molecule has 20 heavy (non-hydrogen) atoms. The molecule has 2 aliphatic rings. The molecule has 2 atom stereocenters. The maximum Gasteiger partial charge on any atom is 0.0521 e. The van der Waals surface area contributed by atoms with Crippen molar-refractivity contribution in [1.82, 2.24) is 15.1 Å². The second kappa shape index (κ2) is 5.51. The number of nitrogens with zero attached hydrogens (tertiary/aromatic N) is 2. The first-order chi connectivity index (χ1) is 9.52. The molecular formula is C17H29N3. The Bertz CT molecular complexity index is 443. The average molecular weight is 275 g/mol. The first-order valence-corrected chi connectivity index (χ1v) is 8.23. The fourth-order valence-electron chi connectivity index (χ4n) is 3.78. The van der Waals surface area contributed by atoms with Gasteiger partial charge in [-0.2, -0.15) is 5.10 Å². The van der Waals surface area contributed by atoms with Crippen LogP contribution in [0.4, 0.5) is 0 Å². The van der Waals surface area contributed by atoms with Crippen LogP contribution in [-0.4, -0.2) is 22.4 Å². The highest BCUT2D eigenvalue weighted by Crippen LogP contribution is 2.43. The van der Waals surface area contributed by atoms with E-state index in [0.717, 1.165) is 17.9 Å². The van der Waals surface area contributed by atoms with Crippen LogP contribution in [0.15, 0.2) is 12.4 Å². The SMILES string of the molecule is Cn1cc(CC2CC(C)(C)CCC2CNC2CC2)cn1. The van der Waals surface area contributed by atoms with Crippen LogP contribution >= 0.6 is 0 Å². The Kier molecular flexibility index (Phi) is 3.89. The molecule has 1 N–H and O–H groups in total. The summed E-state index contributed by atoms with van der Waals surface area (Å²) >= 11 is 0. The third kappa shape index (κ3) is 3.63. The summed E-state index contributed by atoms with van der Waals surface area (Å²) in [5.74, 6) is 1.66. The first-order valence-electron chi connectivity index (χ1n) is 8.23. The van der Waals surface area contributed by atoms with Gasteiger partial charge >= 0.3 is 0 Å². The fourth-order valence-corrected chi connectivity index (χ4v) is 3.78. The smallest absolute Gasteiger partial charge is 0.0521 e. The van der Waals surface area contributed by atoms with Gasteiger partial charge in [-0.3, -0.25) is 4.68 Å². The Balaban J connectivity index is 1.63. The van der Waals surface area contributed by atoms with Crippen LogP contribution in [0.3, 0.4) is 0 Å². The van der Waals surface area contributed by atoms with E-state index in [4.69, 9.17) is 0 Å². The van der Waals surface area contributed by atoms with E-state index >= 15 is 0 Å². The van der Waals surface area contributed by atoms with Gasteiger partial charge in [0.15, 0.2) is 0 Å². The van der Waals surface area contributed by atoms with Crippen molar-refractivity contribution in [3.63, 3.8) is 0 Å². The van der Waals surface area contributed by atoms with E-state index in [1.807, 2.05) is 17.9 Å². The molecule has 1 heterocycles. The van der Waals surface area contributed by atoms with Gasteiger partial charge in [-0.15, -0.1) is 0 Å². The third-order valence-electron chi connectivity index (χ3n) is 5.18. The van der Waals surface area contributed by atoms with Crippen molar-refractivity contribution in [3.8, 4) is 0 Å². The molecule has 3 heteroatoms. The van der Waals surface area contributed by atoms with Crippen LogP contribution in [0.5, 0.6) is 0 Å². The van der Waals surface area contributed by atoms with E-state index in [0.29, 0.717) is 5.41 Å². The Labute approximate surface area is 123 Å². The molecule has 112 valence electrons. The highest BCUT2D eigenvalue weighted by molar-refractivity contribution is 5.06. The Morgan fingerprint density at radius 1 is 1.30 bits per heavy atom. The molecule has 0 radical (unpaired) electrons. The number of aryl methyl sites for hydroxylation is 1. The largest absolute Gasteiger partial charge is 0.314 e. The predicted molar refractivity (Wildman–Crippen MR) is 82.5 cm³/mol. The summed E-state index contributed by atoms with van der Waals surface area (Å²) in [5, 5.41) is 8.08. The van der Waals surface area contributed by atoms with Gasteiger partial charge in [0, 0.05) is 19.3 Å². The van der Waals surface area contributed by atoms with Gasteiger partial charge in [0.25, 0.3) is 0 Å². The maximum absolute atomic E-state index is 4.33. The van der Waals surface area contributed by atoms with E-state index in [1.165, 1.54) is 50.6 Å². The van der Waals surface area contributed by atoms with Crippen molar-refractivity contribution in [1.29, 1.82) is 0 Å². The summed E-state index contributed by atoms with van der Waals surface area (Å²) in [4.78, 5) is 0. The topological polar surface area (TPSA) is 29.9 Å². The van der Waals surface area contributed by atoms with Crippen molar-refractivity contribution in [3.05, 3.63) is 18.0 Å². The fraction of sp³-hybridized carbons (Fsp3) is 0.824. The number of rotatable bonds is 5. The molecule has 0 amide bonds. The van der Waals surface area contributed by atoms with Gasteiger partial charge < -0.3 is 5.32 Å². The van der Waals surface area contributed by atoms with E-state index < -0.39 is 0 Å². The van der Waals surface area contributed by atoms with E-state index in [2.05, 4.69) is 30.5 Å². The number of hydrogen-bond donors (Lipinski definition) is 1. The molecule has 1 aromatic rings. The minimum Gasteiger partial charge on any atom is -0.314 e. The van der Waals surface area contributed by atoms with Gasteiger partial charge in [0.1, 0.15) is 0 Å². The van der Waals surface area contributed by atoms with E-state index in [-0.39, 0.29) is 0 Å². The van der Waals surface area contributed by atoms with Crippen molar-refractivity contribution in [2.75, 3.05) is 6.54 Å². The monoisotopic (exact) mass is 275 g/mol. The lowest BCUT2D eigenvalue weighted by Gasteiger charge is -2.41. The van der Waals surface area contributed by atoms with Crippen molar-refractivity contribution in [2.24, 2.45) is 24.3 Å². The zero-order chi connectivity index (χ0) is 14.2. The van der Waals surface area contributed by atoms with Crippen molar-refractivity contribution in [2.45, 2.75) is 58.4 Å². The molecule has 0 spiro atoms. The lowest BCUT2D eigenvalue weighted by molar-refractivity contribution is 0.115. The Morgan fingerprint density at radius 3 is 2.75 bits per heavy atom. The van der Waals surface area contributed by atoms with Crippen LogP contribution in [0.25, 0.3) is 0 Å². The van der Waals surface area contributed by atoms with Crippen LogP contribution in [0.2, 0.25) is 0 Å². The van der Waals surface area contributed by atoms with Gasteiger partial charge in [0.2, 0.25) is 0 Å². The van der Waals surface area contributed by atoms with Gasteiger partial charge in [-0.05, 0) is 67.9 Å². The summed E-state index contributed by atoms with van der Waals surface area (Å²) in [6, 6.07) is 0.837. The molecule has 2 aliphatic carbocycles. The van der Waals surface area contributed by atoms with E-state index in [9.17, 15) is 0 Å². The van der Waals surface area contributed by atoms with Gasteiger partial charge in [-0.25, -0.2) is 0 Å². The second-order valence-corrected chi connectivity index (χ2v) is 7.84. The number of hydrogen-bond acceptors (Lipinski definition) is 2. The quantitative estimate of drug-likeness (QED) is 0.894. The Hall–Kier alpha value is -0.830. The normalized spacial score (nSPS) is 29.6. The molecule has 3 nitrogen and oxygen atoms in total. The lowest BCUT2D eigenvalue weighted by Crippen LogP contribution is -2.37. The summed E-state index contributed by atoms with van der Waals surface area (Å²) in [7, 11) is 2.01. The highest BCUT2D eigenvalue weighted by Gasteiger charge is 2.35. The van der Waals surface area contributed by atoms with Crippen molar-refractivity contribution >= 4 is 0 Å². The maximum atomic E-state index is 4.33. The van der Waals surface area contributed by atoms with Crippen molar-refractivity contribution < 1.29 is 0 Å². The molecular weight excluding hydrogens is 246 g/mol. The van der Waals surface area contributed by atoms with Crippen LogP contribution < -0.4 is 5.32 Å². The standard InChI is InChI=1S/C17H29N3/c1-17(2)7-6-14(11-18-16-4-5-16)15(9-17)8-13-10-19-20(3)12-13/h10,12,14-16,18H,4-9,11H2,1-3H3. The van der Waals surface area contributed by atoms with Gasteiger partial charge in [-0.1, -0.05) is 13.8 Å². The molecule has 3 rings (SSSR count). The Morgan fingerprint density at radius 2 is 2.10 bits per heavy atom. The molecule has 0 aliphatic heterocycles. The first kappa shape index (κ1) is 14.1. The van der Waals surface area contributed by atoms with E-state index in [1.54, 1.807) is 0 Å². The third-order valence-corrected chi connectivity index (χ3v) is 5.18. The lowest BCUT2D eigenvalue weighted by atomic mass is 9.65. The summed E-state index contributed by atoms with van der Waals surface area (Å²) < 4.78 is 1.93. The minimum atomic E-state index is 0.517. The molecule has 2 unspecified atom stereocenters. The van der Waals surface area contributed by atoms with Gasteiger partial charge in [0.05, 0.1) is 6.20 Å². The van der Waals surface area contributed by atoms with Crippen LogP contribution in [0, 0.1) is 17.3 Å². The molecule has 0 bridgehead atoms. The molecule has 1 aromatic heterocycles. The van der Waals surface area contributed by atoms with Crippen LogP contribution in [0.1, 0.15) is 51.5 Å². The summed E-state index contributed by atoms with van der Waals surface area (Å²) in [6.45, 7) is 6.10. The zero-order valence-electron chi connectivity index (χ0n) is 13.2. The molecule has 2 fully saturated rings. The average Bonchev–Trinajstić information content (AvgIpc) is 3.11. The zero-order valence-corrected chi connectivity index (χ0v) is 13.2. The second-order valence-electron chi connectivity index (χ2n) is 7.84. The predicted octanol–water partition coefficient (Wildman–Crippen LogP) is 3.16. The summed E-state index contributed by atoms with van der Waals surface area (Å²) in [6.07, 6.45) is 12.4. The number of aromatic nitrogens is 2. The minimum absolute atomic E-state index is 0.517. The van der Waals surface area contributed by atoms with Crippen LogP contribution in [-0.2, 0) is 13.5 Å².